The van der Waals surface area contributed by atoms with Gasteiger partial charge in [-0.05, 0) is 37.1 Å². The van der Waals surface area contributed by atoms with E-state index in [1.54, 1.807) is 30.0 Å². The normalized spacial score (nSPS) is 16.6. The van der Waals surface area contributed by atoms with Crippen LogP contribution in [0.25, 0.3) is 0 Å². The zero-order chi connectivity index (χ0) is 22.8. The van der Waals surface area contributed by atoms with Crippen molar-refractivity contribution in [1.82, 2.24) is 19.2 Å². The Kier molecular flexibility index (Phi) is 6.80. The van der Waals surface area contributed by atoms with Gasteiger partial charge in [0, 0.05) is 40.7 Å². The number of sulfonamides is 1. The summed E-state index contributed by atoms with van der Waals surface area (Å²) in [6.45, 7) is 2.30. The van der Waals surface area contributed by atoms with Crippen molar-refractivity contribution in [3.8, 4) is 5.75 Å². The number of nitrogens with zero attached hydrogens (tertiary/aromatic N) is 5. The molecule has 2 aromatic rings. The average molecular weight is 448 g/mol. The van der Waals surface area contributed by atoms with Gasteiger partial charge < -0.3 is 14.5 Å². The molecule has 1 aliphatic rings. The standard InChI is InChI=1S/C21H29N5O4S/c1-15(27)26-12-6-7-19(26)21-22-16(13-20(23-21)24(2)3)14-25(4)31(28,29)18-10-8-17(30-5)9-11-18/h8-11,13,19H,6-7,12,14H2,1-5H3/t19-/m0/s1. The van der Waals surface area contributed by atoms with Gasteiger partial charge in [-0.25, -0.2) is 18.4 Å². The van der Waals surface area contributed by atoms with Gasteiger partial charge in [-0.2, -0.15) is 4.31 Å². The molecule has 0 aliphatic carbocycles. The lowest BCUT2D eigenvalue weighted by Crippen LogP contribution is -2.31. The highest BCUT2D eigenvalue weighted by molar-refractivity contribution is 7.89. The molecule has 1 aromatic heterocycles. The van der Waals surface area contributed by atoms with Crippen LogP contribution in [0.5, 0.6) is 5.75 Å². The minimum Gasteiger partial charge on any atom is -0.497 e. The molecular formula is C21H29N5O4S. The van der Waals surface area contributed by atoms with E-state index in [-0.39, 0.29) is 23.4 Å². The van der Waals surface area contributed by atoms with E-state index in [4.69, 9.17) is 4.74 Å². The van der Waals surface area contributed by atoms with Crippen LogP contribution in [0.4, 0.5) is 5.82 Å². The van der Waals surface area contributed by atoms with Gasteiger partial charge in [-0.1, -0.05) is 0 Å². The lowest BCUT2D eigenvalue weighted by molar-refractivity contribution is -0.129. The molecule has 0 bridgehead atoms. The Morgan fingerprint density at radius 1 is 1.19 bits per heavy atom. The van der Waals surface area contributed by atoms with Crippen molar-refractivity contribution >= 4 is 21.7 Å². The van der Waals surface area contributed by atoms with Crippen LogP contribution in [0.1, 0.15) is 37.3 Å². The number of likely N-dealkylation sites (tertiary alicyclic amines) is 1. The molecule has 1 fully saturated rings. The maximum absolute atomic E-state index is 13.0. The summed E-state index contributed by atoms with van der Waals surface area (Å²) in [4.78, 5) is 25.1. The number of aromatic nitrogens is 2. The summed E-state index contributed by atoms with van der Waals surface area (Å²) < 4.78 is 32.4. The van der Waals surface area contributed by atoms with Crippen LogP contribution in [0.2, 0.25) is 0 Å². The fourth-order valence-electron chi connectivity index (χ4n) is 3.61. The number of benzene rings is 1. The number of amides is 1. The topological polar surface area (TPSA) is 95.9 Å². The second-order valence-electron chi connectivity index (χ2n) is 7.78. The molecule has 31 heavy (non-hydrogen) atoms. The molecule has 1 aromatic carbocycles. The van der Waals surface area contributed by atoms with Gasteiger partial charge in [0.1, 0.15) is 11.6 Å². The summed E-state index contributed by atoms with van der Waals surface area (Å²) in [5.74, 6) is 1.79. The number of ether oxygens (including phenoxy) is 1. The van der Waals surface area contributed by atoms with E-state index >= 15 is 0 Å². The summed E-state index contributed by atoms with van der Waals surface area (Å²) in [7, 11) is 3.07. The number of rotatable bonds is 7. The molecule has 0 radical (unpaired) electrons. The first kappa shape index (κ1) is 23.0. The van der Waals surface area contributed by atoms with Crippen LogP contribution in [0, 0.1) is 0 Å². The van der Waals surface area contributed by atoms with E-state index < -0.39 is 10.0 Å². The van der Waals surface area contributed by atoms with Gasteiger partial charge in [0.15, 0.2) is 5.82 Å². The summed E-state index contributed by atoms with van der Waals surface area (Å²) in [5, 5.41) is 0. The molecule has 1 amide bonds. The number of hydrogen-bond donors (Lipinski definition) is 0. The lowest BCUT2D eigenvalue weighted by Gasteiger charge is -2.24. The molecule has 9 nitrogen and oxygen atoms in total. The van der Waals surface area contributed by atoms with Crippen molar-refractivity contribution in [2.75, 3.05) is 39.7 Å². The Bertz CT molecular complexity index is 1040. The monoisotopic (exact) mass is 447 g/mol. The molecule has 10 heteroatoms. The maximum atomic E-state index is 13.0. The van der Waals surface area contributed by atoms with E-state index in [2.05, 4.69) is 9.97 Å². The molecule has 3 rings (SSSR count). The van der Waals surface area contributed by atoms with E-state index in [9.17, 15) is 13.2 Å². The number of carbonyl (C=O) groups is 1. The average Bonchev–Trinajstić information content (AvgIpc) is 3.24. The smallest absolute Gasteiger partial charge is 0.243 e. The summed E-state index contributed by atoms with van der Waals surface area (Å²) >= 11 is 0. The van der Waals surface area contributed by atoms with Crippen molar-refractivity contribution in [3.63, 3.8) is 0 Å². The Hall–Kier alpha value is -2.72. The van der Waals surface area contributed by atoms with Crippen molar-refractivity contribution in [1.29, 1.82) is 0 Å². The van der Waals surface area contributed by atoms with Gasteiger partial charge >= 0.3 is 0 Å². The largest absolute Gasteiger partial charge is 0.497 e. The molecule has 0 saturated carbocycles. The zero-order valence-electron chi connectivity index (χ0n) is 18.6. The molecular weight excluding hydrogens is 418 g/mol. The summed E-state index contributed by atoms with van der Waals surface area (Å²) in [5.41, 5.74) is 0.573. The first-order valence-electron chi connectivity index (χ1n) is 10.1. The molecule has 0 N–H and O–H groups in total. The summed E-state index contributed by atoms with van der Waals surface area (Å²) in [6, 6.07) is 7.85. The fraction of sp³-hybridized carbons (Fsp3) is 0.476. The Balaban J connectivity index is 1.90. The van der Waals surface area contributed by atoms with Crippen LogP contribution in [-0.2, 0) is 21.4 Å². The van der Waals surface area contributed by atoms with E-state index in [0.29, 0.717) is 29.6 Å². The molecule has 1 aliphatic heterocycles. The number of hydrogen-bond acceptors (Lipinski definition) is 7. The van der Waals surface area contributed by atoms with E-state index in [0.717, 1.165) is 12.8 Å². The van der Waals surface area contributed by atoms with Crippen molar-refractivity contribution in [3.05, 3.63) is 41.9 Å². The van der Waals surface area contributed by atoms with Crippen LogP contribution in [0.3, 0.4) is 0 Å². The fourth-order valence-corrected chi connectivity index (χ4v) is 4.76. The Morgan fingerprint density at radius 2 is 1.87 bits per heavy atom. The third-order valence-corrected chi connectivity index (χ3v) is 7.17. The van der Waals surface area contributed by atoms with Crippen LogP contribution < -0.4 is 9.64 Å². The molecule has 0 unspecified atom stereocenters. The third kappa shape index (κ3) is 4.96. The van der Waals surface area contributed by atoms with Gasteiger partial charge in [0.05, 0.1) is 30.3 Å². The Labute approximate surface area is 183 Å². The highest BCUT2D eigenvalue weighted by Gasteiger charge is 2.31. The third-order valence-electron chi connectivity index (χ3n) is 5.35. The molecule has 2 heterocycles. The molecule has 1 atom stereocenters. The first-order chi connectivity index (χ1) is 14.6. The molecule has 1 saturated heterocycles. The second-order valence-corrected chi connectivity index (χ2v) is 9.82. The van der Waals surface area contributed by atoms with Crippen LogP contribution in [0.15, 0.2) is 35.2 Å². The highest BCUT2D eigenvalue weighted by Crippen LogP contribution is 2.31. The van der Waals surface area contributed by atoms with Gasteiger partial charge in [-0.15, -0.1) is 0 Å². The van der Waals surface area contributed by atoms with Crippen molar-refractivity contribution in [2.24, 2.45) is 0 Å². The SMILES string of the molecule is COc1ccc(S(=O)(=O)N(C)Cc2cc(N(C)C)nc([C@@H]3CCCN3C(C)=O)n2)cc1. The first-order valence-corrected chi connectivity index (χ1v) is 11.5. The minimum atomic E-state index is -3.71. The number of anilines is 1. The minimum absolute atomic E-state index is 0.0119. The Morgan fingerprint density at radius 3 is 2.45 bits per heavy atom. The lowest BCUT2D eigenvalue weighted by atomic mass is 10.2. The second kappa shape index (κ2) is 9.19. The van der Waals surface area contributed by atoms with Crippen LogP contribution in [-0.4, -0.2) is 68.3 Å². The van der Waals surface area contributed by atoms with Crippen molar-refractivity contribution in [2.45, 2.75) is 37.2 Å². The van der Waals surface area contributed by atoms with Crippen LogP contribution >= 0.6 is 0 Å². The maximum Gasteiger partial charge on any atom is 0.243 e. The van der Waals surface area contributed by atoms with Gasteiger partial charge in [-0.3, -0.25) is 4.79 Å². The molecule has 0 spiro atoms. The quantitative estimate of drug-likeness (QED) is 0.641. The highest BCUT2D eigenvalue weighted by atomic mass is 32.2. The van der Waals surface area contributed by atoms with E-state index in [1.807, 2.05) is 19.0 Å². The predicted octanol–water partition coefficient (Wildman–Crippen LogP) is 2.06. The van der Waals surface area contributed by atoms with Gasteiger partial charge in [0.25, 0.3) is 0 Å². The number of carbonyl (C=O) groups excluding carboxylic acids is 1. The predicted molar refractivity (Wildman–Crippen MR) is 117 cm³/mol. The molecule has 168 valence electrons. The summed E-state index contributed by atoms with van der Waals surface area (Å²) in [6.07, 6.45) is 1.68. The van der Waals surface area contributed by atoms with Crippen molar-refractivity contribution < 1.29 is 17.9 Å². The van der Waals surface area contributed by atoms with Gasteiger partial charge in [0.2, 0.25) is 15.9 Å². The van der Waals surface area contributed by atoms with E-state index in [1.165, 1.54) is 30.6 Å². The zero-order valence-corrected chi connectivity index (χ0v) is 19.4. The number of methoxy groups -OCH3 is 1.